The van der Waals surface area contributed by atoms with Gasteiger partial charge in [0.25, 0.3) is 0 Å². The molecule has 2 nitrogen and oxygen atoms in total. The van der Waals surface area contributed by atoms with Crippen LogP contribution in [-0.2, 0) is 21.7 Å². The zero-order valence-corrected chi connectivity index (χ0v) is 10.4. The van der Waals surface area contributed by atoms with Crippen molar-refractivity contribution >= 4 is 0 Å². The van der Waals surface area contributed by atoms with Crippen LogP contribution in [0.5, 0.6) is 0 Å². The van der Waals surface area contributed by atoms with Crippen molar-refractivity contribution in [1.29, 1.82) is 0 Å². The van der Waals surface area contributed by atoms with E-state index >= 15 is 0 Å². The second-order valence-electron chi connectivity index (χ2n) is 1.58. The van der Waals surface area contributed by atoms with Crippen molar-refractivity contribution in [2.24, 2.45) is 0 Å². The van der Waals surface area contributed by atoms with Crippen molar-refractivity contribution in [2.45, 2.75) is 20.3 Å². The Morgan fingerprint density at radius 2 is 1.62 bits per heavy atom. The molecule has 0 bridgehead atoms. The fourth-order valence-corrected chi connectivity index (χ4v) is 0.340. The van der Waals surface area contributed by atoms with E-state index in [1.165, 1.54) is 0 Å². The maximum atomic E-state index is 8.93. The summed E-state index contributed by atoms with van der Waals surface area (Å²) < 4.78 is 0. The Morgan fingerprint density at radius 3 is 1.69 bits per heavy atom. The second-order valence-corrected chi connectivity index (χ2v) is 1.58. The van der Waals surface area contributed by atoms with E-state index in [0.29, 0.717) is 0 Å². The van der Waals surface area contributed by atoms with E-state index in [2.05, 4.69) is 12.2 Å². The van der Waals surface area contributed by atoms with Crippen molar-refractivity contribution in [2.75, 3.05) is 13.2 Å². The Hall–Kier alpha value is 0.404. The first-order valence-electron chi connectivity index (χ1n) is 3.71. The van der Waals surface area contributed by atoms with Crippen molar-refractivity contribution in [1.82, 2.24) is 0 Å². The molecular weight excluding hydrogens is 223 g/mol. The minimum atomic E-state index is 0. The molecule has 0 aliphatic heterocycles. The summed E-state index contributed by atoms with van der Waals surface area (Å²) in [5.74, 6) is 0. The number of rotatable bonds is 0. The number of allylic oxidation sites excluding steroid dienone is 4. The quantitative estimate of drug-likeness (QED) is 0.334. The molecule has 0 heterocycles. The van der Waals surface area contributed by atoms with Gasteiger partial charge in [0.1, 0.15) is 0 Å². The summed E-state index contributed by atoms with van der Waals surface area (Å²) in [5, 5.41) is 17.9. The standard InChI is InChI=1S/C5H5.2C2H5O.ClH.Ti/c1-2-4-5-3-1;2*1-2-3;;/h1-3H,4H2;2*2H2,1H3;1H;/q3*-1;;+4/p-1. The normalized spacial score (nSPS) is 9.54. The van der Waals surface area contributed by atoms with Crippen molar-refractivity contribution < 1.29 is 44.3 Å². The van der Waals surface area contributed by atoms with Gasteiger partial charge < -0.3 is 22.6 Å². The summed E-state index contributed by atoms with van der Waals surface area (Å²) in [7, 11) is 0. The monoisotopic (exact) mass is 238 g/mol. The molecule has 13 heavy (non-hydrogen) atoms. The Balaban J connectivity index is -0.0000000461. The third-order valence-electron chi connectivity index (χ3n) is 0.586. The molecule has 0 N–H and O–H groups in total. The summed E-state index contributed by atoms with van der Waals surface area (Å²) >= 11 is 0. The average Bonchev–Trinajstić information content (AvgIpc) is 2.44. The SMILES string of the molecule is CC[O-].CC[O-].[C-]1=CC=CC1.[Cl-].[Ti+4]. The van der Waals surface area contributed by atoms with E-state index in [4.69, 9.17) is 10.2 Å². The maximum Gasteiger partial charge on any atom is 4.00 e. The molecule has 0 atom stereocenters. The second kappa shape index (κ2) is 29.4. The van der Waals surface area contributed by atoms with Crippen molar-refractivity contribution in [3.8, 4) is 0 Å². The predicted octanol–water partition coefficient (Wildman–Crippen LogP) is -2.96. The minimum Gasteiger partial charge on any atom is -1.00 e. The smallest absolute Gasteiger partial charge is 1.00 e. The van der Waals surface area contributed by atoms with Crippen LogP contribution in [0.3, 0.4) is 0 Å². The van der Waals surface area contributed by atoms with Crippen LogP contribution in [-0.4, -0.2) is 13.2 Å². The third kappa shape index (κ3) is 46.0. The zero-order chi connectivity index (χ0) is 8.95. The van der Waals surface area contributed by atoms with Gasteiger partial charge in [0.05, 0.1) is 0 Å². The fraction of sp³-hybridized carbons (Fsp3) is 0.556. The van der Waals surface area contributed by atoms with Gasteiger partial charge in [0.2, 0.25) is 0 Å². The fourth-order valence-electron chi connectivity index (χ4n) is 0.340. The molecule has 74 valence electrons. The van der Waals surface area contributed by atoms with Gasteiger partial charge in [0.15, 0.2) is 0 Å². The van der Waals surface area contributed by atoms with Gasteiger partial charge in [-0.05, 0) is 0 Å². The summed E-state index contributed by atoms with van der Waals surface area (Å²) in [5.41, 5.74) is 0. The van der Waals surface area contributed by atoms with Crippen LogP contribution in [0.25, 0.3) is 0 Å². The van der Waals surface area contributed by atoms with E-state index < -0.39 is 0 Å². The molecule has 4 heteroatoms. The Labute approximate surface area is 102 Å². The van der Waals surface area contributed by atoms with Gasteiger partial charge in [-0.25, -0.2) is 12.2 Å². The van der Waals surface area contributed by atoms with Gasteiger partial charge >= 0.3 is 21.7 Å². The molecule has 0 saturated carbocycles. The molecule has 0 radical (unpaired) electrons. The molecule has 0 fully saturated rings. The first-order chi connectivity index (χ1) is 5.33. The first kappa shape index (κ1) is 23.3. The molecule has 0 saturated heterocycles. The van der Waals surface area contributed by atoms with Gasteiger partial charge in [-0.3, -0.25) is 6.08 Å². The van der Waals surface area contributed by atoms with Crippen LogP contribution in [0.4, 0.5) is 0 Å². The van der Waals surface area contributed by atoms with E-state index in [9.17, 15) is 0 Å². The molecule has 0 spiro atoms. The molecule has 0 amide bonds. The summed E-state index contributed by atoms with van der Waals surface area (Å²) in [6.45, 7) is 3.14. The summed E-state index contributed by atoms with van der Waals surface area (Å²) in [6.07, 6.45) is 10.0. The predicted molar refractivity (Wildman–Crippen MR) is 42.7 cm³/mol. The van der Waals surface area contributed by atoms with Crippen LogP contribution < -0.4 is 22.6 Å². The summed E-state index contributed by atoms with van der Waals surface area (Å²) in [6, 6.07) is 0. The van der Waals surface area contributed by atoms with E-state index in [0.717, 1.165) is 6.42 Å². The molecule has 0 aromatic rings. The van der Waals surface area contributed by atoms with Crippen LogP contribution in [0.1, 0.15) is 20.3 Å². The van der Waals surface area contributed by atoms with Crippen LogP contribution in [0.2, 0.25) is 0 Å². The van der Waals surface area contributed by atoms with Gasteiger partial charge in [0, 0.05) is 0 Å². The number of halogens is 1. The van der Waals surface area contributed by atoms with E-state index in [1.54, 1.807) is 13.8 Å². The molecule has 0 aromatic heterocycles. The molecule has 0 unspecified atom stereocenters. The molecule has 1 aliphatic rings. The van der Waals surface area contributed by atoms with E-state index in [-0.39, 0.29) is 47.3 Å². The van der Waals surface area contributed by atoms with Gasteiger partial charge in [-0.1, -0.05) is 13.8 Å². The van der Waals surface area contributed by atoms with Crippen molar-refractivity contribution in [3.05, 3.63) is 24.3 Å². The number of hydrogen-bond acceptors (Lipinski definition) is 2. The molecular formula is C9H15ClO2Ti. The Bertz CT molecular complexity index is 93.8. The van der Waals surface area contributed by atoms with E-state index in [1.807, 2.05) is 12.2 Å². The van der Waals surface area contributed by atoms with Gasteiger partial charge in [-0.15, -0.1) is 19.6 Å². The largest absolute Gasteiger partial charge is 4.00 e. The maximum absolute atomic E-state index is 8.93. The zero-order valence-electron chi connectivity index (χ0n) is 8.05. The Morgan fingerprint density at radius 1 is 1.23 bits per heavy atom. The average molecular weight is 239 g/mol. The van der Waals surface area contributed by atoms with Crippen molar-refractivity contribution in [3.63, 3.8) is 0 Å². The topological polar surface area (TPSA) is 46.1 Å². The first-order valence-corrected chi connectivity index (χ1v) is 3.71. The van der Waals surface area contributed by atoms with Crippen LogP contribution in [0.15, 0.2) is 18.2 Å². The molecule has 1 rings (SSSR count). The molecule has 1 aliphatic carbocycles. The van der Waals surface area contributed by atoms with Crippen LogP contribution >= 0.6 is 0 Å². The summed E-state index contributed by atoms with van der Waals surface area (Å²) in [4.78, 5) is 0. The van der Waals surface area contributed by atoms with Crippen LogP contribution in [0, 0.1) is 6.08 Å². The number of hydrogen-bond donors (Lipinski definition) is 0. The molecule has 0 aromatic carbocycles. The Kier molecular flexibility index (Phi) is 52.8. The minimum absolute atomic E-state index is 0. The third-order valence-corrected chi connectivity index (χ3v) is 0.586. The van der Waals surface area contributed by atoms with Gasteiger partial charge in [-0.2, -0.15) is 6.08 Å².